The molecule has 0 atom stereocenters. The van der Waals surface area contributed by atoms with Crippen LogP contribution in [0.5, 0.6) is 0 Å². The molecule has 5 nitrogen and oxygen atoms in total. The van der Waals surface area contributed by atoms with E-state index in [2.05, 4.69) is 27.3 Å². The molecule has 2 N–H and O–H groups in total. The third-order valence-electron chi connectivity index (χ3n) is 1.69. The van der Waals surface area contributed by atoms with E-state index in [1.54, 1.807) is 0 Å². The molecule has 0 saturated carbocycles. The molecule has 0 aromatic carbocycles. The van der Waals surface area contributed by atoms with E-state index < -0.39 is 0 Å². The van der Waals surface area contributed by atoms with Crippen LogP contribution in [0, 0.1) is 0 Å². The molecule has 0 aromatic heterocycles. The summed E-state index contributed by atoms with van der Waals surface area (Å²) in [5, 5.41) is 6.15. The second kappa shape index (κ2) is 9.30. The van der Waals surface area contributed by atoms with Gasteiger partial charge in [0.15, 0.2) is 5.96 Å². The van der Waals surface area contributed by atoms with Gasteiger partial charge in [-0.05, 0) is 13.3 Å². The zero-order valence-corrected chi connectivity index (χ0v) is 9.80. The van der Waals surface area contributed by atoms with Gasteiger partial charge < -0.3 is 15.4 Å². The third kappa shape index (κ3) is 7.78. The Balaban J connectivity index is 3.80. The van der Waals surface area contributed by atoms with Crippen molar-refractivity contribution >= 4 is 11.9 Å². The van der Waals surface area contributed by atoms with Gasteiger partial charge in [0.1, 0.15) is 0 Å². The molecule has 0 rings (SSSR count). The smallest absolute Gasteiger partial charge is 0.307 e. The minimum Gasteiger partial charge on any atom is -0.469 e. The van der Waals surface area contributed by atoms with E-state index >= 15 is 0 Å². The highest BCUT2D eigenvalue weighted by atomic mass is 16.5. The summed E-state index contributed by atoms with van der Waals surface area (Å²) >= 11 is 0. The minimum absolute atomic E-state index is 0.214. The van der Waals surface area contributed by atoms with Crippen molar-refractivity contribution in [3.05, 3.63) is 0 Å². The molecule has 0 unspecified atom stereocenters. The number of nitrogens with one attached hydrogen (secondary N) is 2. The van der Waals surface area contributed by atoms with Gasteiger partial charge in [0.2, 0.25) is 0 Å². The lowest BCUT2D eigenvalue weighted by atomic mass is 10.4. The average molecular weight is 215 g/mol. The first-order valence-electron chi connectivity index (χ1n) is 5.33. The van der Waals surface area contributed by atoms with Crippen LogP contribution in [0.3, 0.4) is 0 Å². The summed E-state index contributed by atoms with van der Waals surface area (Å²) in [6, 6.07) is 0. The highest BCUT2D eigenvalue weighted by Gasteiger charge is 2.00. The largest absolute Gasteiger partial charge is 0.469 e. The van der Waals surface area contributed by atoms with E-state index in [1.165, 1.54) is 7.11 Å². The molecule has 0 bridgehead atoms. The van der Waals surface area contributed by atoms with Crippen molar-refractivity contribution in [1.82, 2.24) is 10.6 Å². The Morgan fingerprint density at radius 3 is 2.60 bits per heavy atom. The SMILES string of the molecule is CCCN=C(NCC)NCCC(=O)OC. The first-order valence-corrected chi connectivity index (χ1v) is 5.33. The number of guanidine groups is 1. The lowest BCUT2D eigenvalue weighted by molar-refractivity contribution is -0.140. The summed E-state index contributed by atoms with van der Waals surface area (Å²) in [6.07, 6.45) is 1.36. The predicted molar refractivity (Wildman–Crippen MR) is 60.9 cm³/mol. The monoisotopic (exact) mass is 215 g/mol. The highest BCUT2D eigenvalue weighted by Crippen LogP contribution is 1.83. The molecule has 5 heteroatoms. The Morgan fingerprint density at radius 1 is 1.33 bits per heavy atom. The van der Waals surface area contributed by atoms with Crippen LogP contribution in [0.2, 0.25) is 0 Å². The standard InChI is InChI=1S/C10H21N3O2/c1-4-7-12-10(11-5-2)13-8-6-9(14)15-3/h4-8H2,1-3H3,(H2,11,12,13). The van der Waals surface area contributed by atoms with Gasteiger partial charge in [-0.1, -0.05) is 6.92 Å². The minimum atomic E-state index is -0.214. The van der Waals surface area contributed by atoms with Crippen molar-refractivity contribution in [1.29, 1.82) is 0 Å². The molecule has 0 radical (unpaired) electrons. The fraction of sp³-hybridized carbons (Fsp3) is 0.800. The van der Waals surface area contributed by atoms with Crippen molar-refractivity contribution in [2.24, 2.45) is 4.99 Å². The zero-order chi connectivity index (χ0) is 11.5. The van der Waals surface area contributed by atoms with Crippen LogP contribution in [0.25, 0.3) is 0 Å². The average Bonchev–Trinajstić information content (AvgIpc) is 2.25. The highest BCUT2D eigenvalue weighted by molar-refractivity contribution is 5.80. The molecule has 0 saturated heterocycles. The van der Waals surface area contributed by atoms with Gasteiger partial charge in [-0.25, -0.2) is 0 Å². The Kier molecular flexibility index (Phi) is 8.52. The van der Waals surface area contributed by atoms with Crippen molar-refractivity contribution in [3.8, 4) is 0 Å². The Bertz CT molecular complexity index is 205. The molecule has 88 valence electrons. The number of methoxy groups -OCH3 is 1. The molecular weight excluding hydrogens is 194 g/mol. The van der Waals surface area contributed by atoms with Gasteiger partial charge in [0, 0.05) is 19.6 Å². The van der Waals surface area contributed by atoms with Crippen LogP contribution in [0.4, 0.5) is 0 Å². The van der Waals surface area contributed by atoms with E-state index in [-0.39, 0.29) is 5.97 Å². The van der Waals surface area contributed by atoms with Gasteiger partial charge in [0.05, 0.1) is 13.5 Å². The van der Waals surface area contributed by atoms with Gasteiger partial charge >= 0.3 is 5.97 Å². The van der Waals surface area contributed by atoms with Crippen LogP contribution in [-0.4, -0.2) is 38.7 Å². The lowest BCUT2D eigenvalue weighted by Gasteiger charge is -2.10. The summed E-state index contributed by atoms with van der Waals surface area (Å²) in [5.74, 6) is 0.539. The molecule has 0 aromatic rings. The van der Waals surface area contributed by atoms with Gasteiger partial charge in [0.25, 0.3) is 0 Å². The predicted octanol–water partition coefficient (Wildman–Crippen LogP) is 0.515. The summed E-state index contributed by atoms with van der Waals surface area (Å²) in [6.45, 7) is 6.22. The number of carbonyl (C=O) groups excluding carboxylic acids is 1. The Labute approximate surface area is 91.3 Å². The number of carbonyl (C=O) groups is 1. The zero-order valence-electron chi connectivity index (χ0n) is 9.80. The van der Waals surface area contributed by atoms with Crippen LogP contribution < -0.4 is 10.6 Å². The van der Waals surface area contributed by atoms with E-state index in [9.17, 15) is 4.79 Å². The Hall–Kier alpha value is -1.26. The molecular formula is C10H21N3O2. The van der Waals surface area contributed by atoms with Crippen molar-refractivity contribution < 1.29 is 9.53 Å². The van der Waals surface area contributed by atoms with E-state index in [0.717, 1.165) is 25.5 Å². The maximum Gasteiger partial charge on any atom is 0.307 e. The second-order valence-electron chi connectivity index (χ2n) is 3.01. The van der Waals surface area contributed by atoms with Crippen molar-refractivity contribution in [2.75, 3.05) is 26.7 Å². The first kappa shape index (κ1) is 13.7. The summed E-state index contributed by atoms with van der Waals surface area (Å²) < 4.78 is 4.53. The summed E-state index contributed by atoms with van der Waals surface area (Å²) in [4.78, 5) is 15.1. The molecule has 0 fully saturated rings. The number of ether oxygens (including phenoxy) is 1. The van der Waals surface area contributed by atoms with Gasteiger partial charge in [-0.2, -0.15) is 0 Å². The number of nitrogens with zero attached hydrogens (tertiary/aromatic N) is 1. The first-order chi connectivity index (χ1) is 7.24. The quantitative estimate of drug-likeness (QED) is 0.385. The van der Waals surface area contributed by atoms with Gasteiger partial charge in [-0.15, -0.1) is 0 Å². The maximum atomic E-state index is 10.8. The van der Waals surface area contributed by atoms with E-state index in [1.807, 2.05) is 6.92 Å². The van der Waals surface area contributed by atoms with Crippen LogP contribution in [0.15, 0.2) is 4.99 Å². The molecule has 0 aliphatic rings. The van der Waals surface area contributed by atoms with Gasteiger partial charge in [-0.3, -0.25) is 9.79 Å². The second-order valence-corrected chi connectivity index (χ2v) is 3.01. The van der Waals surface area contributed by atoms with Crippen LogP contribution >= 0.6 is 0 Å². The van der Waals surface area contributed by atoms with Crippen LogP contribution in [-0.2, 0) is 9.53 Å². The van der Waals surface area contributed by atoms with E-state index in [0.29, 0.717) is 13.0 Å². The third-order valence-corrected chi connectivity index (χ3v) is 1.69. The van der Waals surface area contributed by atoms with E-state index in [4.69, 9.17) is 0 Å². The fourth-order valence-corrected chi connectivity index (χ4v) is 0.950. The molecule has 0 amide bonds. The maximum absolute atomic E-state index is 10.8. The number of aliphatic imine (C=N–C) groups is 1. The van der Waals surface area contributed by atoms with Crippen molar-refractivity contribution in [2.45, 2.75) is 26.7 Å². The number of rotatable bonds is 6. The Morgan fingerprint density at radius 2 is 2.07 bits per heavy atom. The number of hydrogen-bond acceptors (Lipinski definition) is 3. The molecule has 15 heavy (non-hydrogen) atoms. The molecule has 0 spiro atoms. The van der Waals surface area contributed by atoms with Crippen molar-refractivity contribution in [3.63, 3.8) is 0 Å². The topological polar surface area (TPSA) is 62.7 Å². The molecule has 0 aliphatic heterocycles. The number of esters is 1. The summed E-state index contributed by atoms with van der Waals surface area (Å²) in [7, 11) is 1.39. The molecule has 0 heterocycles. The van der Waals surface area contributed by atoms with Crippen LogP contribution in [0.1, 0.15) is 26.7 Å². The lowest BCUT2D eigenvalue weighted by Crippen LogP contribution is -2.38. The normalized spacial score (nSPS) is 11.0. The number of hydrogen-bond donors (Lipinski definition) is 2. The summed E-state index contributed by atoms with van der Waals surface area (Å²) in [5.41, 5.74) is 0. The fourth-order valence-electron chi connectivity index (χ4n) is 0.950. The molecule has 0 aliphatic carbocycles.